The fraction of sp³-hybridized carbons (Fsp3) is 0.429. The lowest BCUT2D eigenvalue weighted by atomic mass is 9.49. The third kappa shape index (κ3) is 10.1. The van der Waals surface area contributed by atoms with E-state index in [-0.39, 0.29) is 64.7 Å². The van der Waals surface area contributed by atoms with Crippen LogP contribution in [0.5, 0.6) is 0 Å². The molecule has 3 saturated heterocycles. The van der Waals surface area contributed by atoms with Gasteiger partial charge in [0.2, 0.25) is 0 Å². The van der Waals surface area contributed by atoms with Gasteiger partial charge in [-0.25, -0.2) is 0 Å². The lowest BCUT2D eigenvalue weighted by Crippen LogP contribution is -3.00. The van der Waals surface area contributed by atoms with Crippen molar-refractivity contribution in [3.8, 4) is 22.3 Å². The van der Waals surface area contributed by atoms with Crippen molar-refractivity contribution in [1.82, 2.24) is 0 Å². The van der Waals surface area contributed by atoms with Crippen LogP contribution in [0.15, 0.2) is 114 Å². The molecule has 3 heterocycles. The van der Waals surface area contributed by atoms with Gasteiger partial charge in [0.1, 0.15) is 0 Å². The Morgan fingerprint density at radius 1 is 0.358 bits per heavy atom. The first-order valence-corrected chi connectivity index (χ1v) is 19.0. The molecule has 3 aliphatic rings. The Morgan fingerprint density at radius 3 is 0.943 bits per heavy atom. The minimum absolute atomic E-state index is 0. The standard InChI is InChI=1S/C18H21BO2.C12H24B2O4.C12H9Br.HI/c1-17(2)18(3,4)21-19(20-17)16-12-10-15(11-13-16)14-8-6-5-7-9-14;1-9(2)10(3,4)16-13(15-9)14-17-11(5,6)12(7,8)18-14;13-12-8-6-11(7-9-12)10-4-2-1-3-5-10;/h5-13H,1-4H3;1-8H3;1-9H;1H/p-1. The van der Waals surface area contributed by atoms with E-state index in [2.05, 4.69) is 141 Å². The van der Waals surface area contributed by atoms with Gasteiger partial charge in [0.25, 0.3) is 0 Å². The Labute approximate surface area is 345 Å². The molecule has 0 aliphatic carbocycles. The van der Waals surface area contributed by atoms with Crippen molar-refractivity contribution in [2.24, 2.45) is 0 Å². The fourth-order valence-electron chi connectivity index (χ4n) is 5.71. The van der Waals surface area contributed by atoms with Crippen LogP contribution in [0, 0.1) is 0 Å². The lowest BCUT2D eigenvalue weighted by Gasteiger charge is -2.32. The molecule has 11 heteroatoms. The van der Waals surface area contributed by atoms with E-state index >= 15 is 0 Å². The van der Waals surface area contributed by atoms with E-state index in [9.17, 15) is 0 Å². The summed E-state index contributed by atoms with van der Waals surface area (Å²) in [6.07, 6.45) is 0. The zero-order valence-corrected chi connectivity index (χ0v) is 37.1. The molecule has 282 valence electrons. The highest BCUT2D eigenvalue weighted by molar-refractivity contribution is 9.10. The minimum Gasteiger partial charge on any atom is -1.00 e. The topological polar surface area (TPSA) is 55.4 Å². The second kappa shape index (κ2) is 16.6. The van der Waals surface area contributed by atoms with Crippen LogP contribution < -0.4 is 29.4 Å². The molecule has 3 fully saturated rings. The number of benzene rings is 4. The molecular formula is C42H54B3BrIO6-. The summed E-state index contributed by atoms with van der Waals surface area (Å²) in [4.78, 5) is 0. The van der Waals surface area contributed by atoms with Crippen LogP contribution in [-0.2, 0) is 27.9 Å². The summed E-state index contributed by atoms with van der Waals surface area (Å²) < 4.78 is 37.1. The second-order valence-electron chi connectivity index (χ2n) is 16.7. The van der Waals surface area contributed by atoms with Crippen molar-refractivity contribution in [3.05, 3.63) is 114 Å². The van der Waals surface area contributed by atoms with Gasteiger partial charge in [0, 0.05) is 4.47 Å². The van der Waals surface area contributed by atoms with E-state index in [4.69, 9.17) is 27.9 Å². The van der Waals surface area contributed by atoms with Gasteiger partial charge in [0.15, 0.2) is 0 Å². The Balaban J connectivity index is 0.000000180. The van der Waals surface area contributed by atoms with E-state index in [0.29, 0.717) is 0 Å². The van der Waals surface area contributed by atoms with E-state index in [1.807, 2.05) is 67.5 Å². The molecule has 4 aromatic carbocycles. The predicted molar refractivity (Wildman–Crippen MR) is 219 cm³/mol. The highest BCUT2D eigenvalue weighted by Crippen LogP contribution is 2.43. The van der Waals surface area contributed by atoms with Crippen molar-refractivity contribution in [2.45, 2.75) is 117 Å². The molecule has 53 heavy (non-hydrogen) atoms. The molecule has 0 bridgehead atoms. The minimum atomic E-state index is -0.476. The summed E-state index contributed by atoms with van der Waals surface area (Å²) in [6.45, 7) is 24.5. The van der Waals surface area contributed by atoms with Gasteiger partial charge in [-0.3, -0.25) is 0 Å². The smallest absolute Gasteiger partial charge is 0.494 e. The maximum Gasteiger partial charge on any atom is 0.494 e. The quantitative estimate of drug-likeness (QED) is 0.162. The summed E-state index contributed by atoms with van der Waals surface area (Å²) in [5.41, 5.74) is 3.97. The van der Waals surface area contributed by atoms with E-state index in [1.165, 1.54) is 22.3 Å². The van der Waals surface area contributed by atoms with Gasteiger partial charge in [-0.05, 0) is 123 Å². The van der Waals surface area contributed by atoms with E-state index in [1.54, 1.807) is 0 Å². The number of hydrogen-bond acceptors (Lipinski definition) is 6. The van der Waals surface area contributed by atoms with E-state index in [0.717, 1.165) is 9.94 Å². The van der Waals surface area contributed by atoms with Crippen LogP contribution in [0.4, 0.5) is 0 Å². The molecule has 4 aromatic rings. The summed E-state index contributed by atoms with van der Waals surface area (Å²) in [6, 6.07) is 37.5. The van der Waals surface area contributed by atoms with Crippen molar-refractivity contribution in [2.75, 3.05) is 0 Å². The summed E-state index contributed by atoms with van der Waals surface area (Å²) in [5, 5.41) is 0. The first kappa shape index (κ1) is 43.8. The molecular weight excluding hydrogens is 840 g/mol. The largest absolute Gasteiger partial charge is 1.00 e. The molecule has 6 nitrogen and oxygen atoms in total. The monoisotopic (exact) mass is 893 g/mol. The molecule has 0 saturated carbocycles. The van der Waals surface area contributed by atoms with Gasteiger partial charge in [-0.2, -0.15) is 0 Å². The first-order valence-electron chi connectivity index (χ1n) is 18.2. The highest BCUT2D eigenvalue weighted by atomic mass is 127. The number of halogens is 2. The third-order valence-corrected chi connectivity index (χ3v) is 11.8. The SMILES string of the molecule is Brc1ccc(-c2ccccc2)cc1.CC1(C)OB(B2OC(C)(C)C(C)(C)O2)OC1(C)C.CC1(C)OB(c2ccc(-c3ccccc3)cc2)OC1(C)C.[I-]. The van der Waals surface area contributed by atoms with Crippen molar-refractivity contribution < 1.29 is 51.9 Å². The Hall–Kier alpha value is -1.96. The zero-order chi connectivity index (χ0) is 38.2. The normalized spacial score (nSPS) is 21.1. The first-order chi connectivity index (χ1) is 24.1. The molecule has 0 amide bonds. The third-order valence-electron chi connectivity index (χ3n) is 11.3. The molecule has 3 aliphatic heterocycles. The van der Waals surface area contributed by atoms with E-state index < -0.39 is 14.0 Å². The van der Waals surface area contributed by atoms with Crippen LogP contribution >= 0.6 is 15.9 Å². The lowest BCUT2D eigenvalue weighted by molar-refractivity contribution is -0.0000184. The average molecular weight is 894 g/mol. The van der Waals surface area contributed by atoms with Crippen LogP contribution in [0.25, 0.3) is 22.3 Å². The van der Waals surface area contributed by atoms with Crippen molar-refractivity contribution >= 4 is 42.5 Å². The van der Waals surface area contributed by atoms with Crippen LogP contribution in [0.2, 0.25) is 0 Å². The highest BCUT2D eigenvalue weighted by Gasteiger charge is 2.63. The van der Waals surface area contributed by atoms with Gasteiger partial charge >= 0.3 is 21.1 Å². The fourth-order valence-corrected chi connectivity index (χ4v) is 5.98. The molecule has 7 rings (SSSR count). The van der Waals surface area contributed by atoms with Crippen LogP contribution in [0.3, 0.4) is 0 Å². The number of rotatable bonds is 4. The maximum absolute atomic E-state index is 6.07. The molecule has 0 atom stereocenters. The average Bonchev–Trinajstić information content (AvgIpc) is 3.55. The second-order valence-corrected chi connectivity index (χ2v) is 17.6. The van der Waals surface area contributed by atoms with Gasteiger partial charge in [0.05, 0.1) is 33.6 Å². The van der Waals surface area contributed by atoms with Crippen LogP contribution in [-0.4, -0.2) is 54.7 Å². The Bertz CT molecular complexity index is 1690. The predicted octanol–water partition coefficient (Wildman–Crippen LogP) is 7.02. The van der Waals surface area contributed by atoms with Crippen LogP contribution in [0.1, 0.15) is 83.1 Å². The molecule has 0 unspecified atom stereocenters. The molecule has 0 aromatic heterocycles. The van der Waals surface area contributed by atoms with Gasteiger partial charge in [-0.15, -0.1) is 0 Å². The molecule has 0 spiro atoms. The summed E-state index contributed by atoms with van der Waals surface area (Å²) >= 11 is 3.42. The van der Waals surface area contributed by atoms with Crippen molar-refractivity contribution in [1.29, 1.82) is 0 Å². The number of hydrogen-bond donors (Lipinski definition) is 0. The Kier molecular flexibility index (Phi) is 13.7. The van der Waals surface area contributed by atoms with Gasteiger partial charge < -0.3 is 51.9 Å². The summed E-state index contributed by atoms with van der Waals surface area (Å²) in [7, 11) is -1.24. The van der Waals surface area contributed by atoms with Gasteiger partial charge in [-0.1, -0.05) is 113 Å². The summed E-state index contributed by atoms with van der Waals surface area (Å²) in [5.74, 6) is 0. The molecule has 0 radical (unpaired) electrons. The van der Waals surface area contributed by atoms with Crippen molar-refractivity contribution in [3.63, 3.8) is 0 Å². The molecule has 0 N–H and O–H groups in total. The Morgan fingerprint density at radius 2 is 0.623 bits per heavy atom. The maximum atomic E-state index is 6.07. The zero-order valence-electron chi connectivity index (χ0n) is 33.3.